The Labute approximate surface area is 212 Å². The summed E-state index contributed by atoms with van der Waals surface area (Å²) in [7, 11) is 0. The number of hydrogen-bond donors (Lipinski definition) is 3. The second-order valence-corrected chi connectivity index (χ2v) is 9.99. The third-order valence-corrected chi connectivity index (χ3v) is 7.22. The van der Waals surface area contributed by atoms with Gasteiger partial charge in [0.2, 0.25) is 5.88 Å². The molecule has 2 aliphatic rings. The molecule has 1 aromatic heterocycles. The lowest BCUT2D eigenvalue weighted by atomic mass is 10.1. The van der Waals surface area contributed by atoms with Gasteiger partial charge in [-0.2, -0.15) is 0 Å². The van der Waals surface area contributed by atoms with E-state index < -0.39 is 6.09 Å². The number of aryl methyl sites for hydroxylation is 1. The van der Waals surface area contributed by atoms with E-state index in [-0.39, 0.29) is 12.1 Å². The zero-order valence-corrected chi connectivity index (χ0v) is 20.9. The van der Waals surface area contributed by atoms with Crippen LogP contribution in [0.3, 0.4) is 0 Å². The molecule has 0 saturated carbocycles. The zero-order chi connectivity index (χ0) is 24.9. The van der Waals surface area contributed by atoms with Gasteiger partial charge >= 0.3 is 6.09 Å². The molecule has 0 bridgehead atoms. The predicted octanol–water partition coefficient (Wildman–Crippen LogP) is 4.28. The summed E-state index contributed by atoms with van der Waals surface area (Å²) in [5.74, 6) is 1.87. The molecule has 5 rings (SSSR count). The number of hydrogen-bond acceptors (Lipinski definition) is 6. The molecule has 8 heteroatoms. The number of likely N-dealkylation sites (tertiary alicyclic amines) is 2. The van der Waals surface area contributed by atoms with Gasteiger partial charge in [0.05, 0.1) is 11.6 Å². The highest BCUT2D eigenvalue weighted by Gasteiger charge is 2.23. The summed E-state index contributed by atoms with van der Waals surface area (Å²) >= 11 is 0. The number of aliphatic hydroxyl groups excluding tert-OH is 1. The highest BCUT2D eigenvalue weighted by molar-refractivity contribution is 5.88. The van der Waals surface area contributed by atoms with Crippen molar-refractivity contribution in [2.75, 3.05) is 39.3 Å². The Morgan fingerprint density at radius 3 is 2.42 bits per heavy atom. The summed E-state index contributed by atoms with van der Waals surface area (Å²) in [6.07, 6.45) is 3.02. The molecule has 0 radical (unpaired) electrons. The number of benzene rings is 2. The lowest BCUT2D eigenvalue weighted by Crippen LogP contribution is -2.47. The number of nitrogens with one attached hydrogen (secondary N) is 2. The molecule has 0 spiro atoms. The van der Waals surface area contributed by atoms with E-state index in [1.165, 1.54) is 0 Å². The van der Waals surface area contributed by atoms with Crippen LogP contribution in [0.15, 0.2) is 48.5 Å². The molecule has 0 atom stereocenters. The van der Waals surface area contributed by atoms with Crippen LogP contribution in [0.2, 0.25) is 0 Å². The van der Waals surface area contributed by atoms with Gasteiger partial charge in [0, 0.05) is 56.8 Å². The molecule has 192 valence electrons. The highest BCUT2D eigenvalue weighted by Crippen LogP contribution is 2.32. The summed E-state index contributed by atoms with van der Waals surface area (Å²) in [6, 6.07) is 15.6. The maximum absolute atomic E-state index is 12.6. The number of H-pyrrole nitrogens is 1. The molecule has 2 aliphatic heterocycles. The van der Waals surface area contributed by atoms with Crippen LogP contribution in [0.1, 0.15) is 31.2 Å². The quantitative estimate of drug-likeness (QED) is 0.456. The van der Waals surface area contributed by atoms with E-state index in [4.69, 9.17) is 9.47 Å². The van der Waals surface area contributed by atoms with E-state index in [1.807, 2.05) is 55.5 Å². The number of aromatic nitrogens is 1. The number of carbonyl (C=O) groups is 1. The van der Waals surface area contributed by atoms with Gasteiger partial charge in [0.25, 0.3) is 0 Å². The van der Waals surface area contributed by atoms with Gasteiger partial charge in [-0.15, -0.1) is 0 Å². The molecule has 0 unspecified atom stereocenters. The Kier molecular flexibility index (Phi) is 7.75. The van der Waals surface area contributed by atoms with Gasteiger partial charge in [0.15, 0.2) is 0 Å². The fraction of sp³-hybridized carbons (Fsp3) is 0.464. The van der Waals surface area contributed by atoms with Crippen molar-refractivity contribution in [1.82, 2.24) is 20.1 Å². The SMILES string of the molecule is Cc1cccc(Oc2cccc3[nH]c(OC(=O)NC4CCN(CCN5CCC(O)CC5)CC4)cc23)c1. The molecular weight excluding hydrogens is 456 g/mol. The number of amides is 1. The van der Waals surface area contributed by atoms with Crippen LogP contribution in [0, 0.1) is 6.92 Å². The molecule has 2 fully saturated rings. The second-order valence-electron chi connectivity index (χ2n) is 9.99. The minimum Gasteiger partial charge on any atom is -0.457 e. The number of carbonyl (C=O) groups excluding carboxylic acids is 1. The van der Waals surface area contributed by atoms with Gasteiger partial charge in [-0.25, -0.2) is 4.79 Å². The number of rotatable bonds is 7. The number of nitrogens with zero attached hydrogens (tertiary/aromatic N) is 2. The maximum atomic E-state index is 12.6. The van der Waals surface area contributed by atoms with E-state index in [2.05, 4.69) is 20.1 Å². The topological polar surface area (TPSA) is 90.1 Å². The number of fused-ring (bicyclic) bond motifs is 1. The van der Waals surface area contributed by atoms with Crippen LogP contribution in [-0.4, -0.2) is 77.4 Å². The highest BCUT2D eigenvalue weighted by atomic mass is 16.6. The van der Waals surface area contributed by atoms with Crippen molar-refractivity contribution in [3.8, 4) is 17.4 Å². The standard InChI is InChI=1S/C28H36N4O4/c1-20-4-2-5-23(18-20)35-26-7-3-6-25-24(26)19-27(30-25)36-28(34)29-21-8-12-31(13-9-21)16-17-32-14-10-22(33)11-15-32/h2-7,18-19,21-22,30,33H,8-17H2,1H3,(H,29,34). The van der Waals surface area contributed by atoms with Crippen LogP contribution in [-0.2, 0) is 0 Å². The van der Waals surface area contributed by atoms with Gasteiger partial charge in [-0.3, -0.25) is 0 Å². The van der Waals surface area contributed by atoms with Crippen molar-refractivity contribution in [1.29, 1.82) is 0 Å². The molecular formula is C28H36N4O4. The summed E-state index contributed by atoms with van der Waals surface area (Å²) in [5.41, 5.74) is 1.97. The number of piperidine rings is 2. The van der Waals surface area contributed by atoms with Crippen molar-refractivity contribution in [2.45, 2.75) is 44.8 Å². The van der Waals surface area contributed by atoms with Gasteiger partial charge in [-0.1, -0.05) is 18.2 Å². The van der Waals surface area contributed by atoms with Crippen molar-refractivity contribution in [3.63, 3.8) is 0 Å². The molecule has 3 aromatic rings. The van der Waals surface area contributed by atoms with Crippen LogP contribution in [0.5, 0.6) is 17.4 Å². The van der Waals surface area contributed by atoms with E-state index in [0.29, 0.717) is 11.6 Å². The monoisotopic (exact) mass is 492 g/mol. The minimum absolute atomic E-state index is 0.114. The molecule has 0 aliphatic carbocycles. The van der Waals surface area contributed by atoms with Crippen molar-refractivity contribution >= 4 is 17.0 Å². The van der Waals surface area contributed by atoms with Crippen LogP contribution in [0.4, 0.5) is 4.79 Å². The van der Waals surface area contributed by atoms with Gasteiger partial charge < -0.3 is 34.7 Å². The third-order valence-electron chi connectivity index (χ3n) is 7.22. The van der Waals surface area contributed by atoms with E-state index >= 15 is 0 Å². The molecule has 3 N–H and O–H groups in total. The average Bonchev–Trinajstić information content (AvgIpc) is 3.28. The largest absolute Gasteiger partial charge is 0.457 e. The van der Waals surface area contributed by atoms with Gasteiger partial charge in [-0.05, 0) is 62.4 Å². The van der Waals surface area contributed by atoms with Gasteiger partial charge in [0.1, 0.15) is 11.5 Å². The van der Waals surface area contributed by atoms with Crippen LogP contribution in [0.25, 0.3) is 10.9 Å². The first-order chi connectivity index (χ1) is 17.5. The fourth-order valence-corrected chi connectivity index (χ4v) is 5.07. The zero-order valence-electron chi connectivity index (χ0n) is 20.9. The Balaban J connectivity index is 1.09. The maximum Gasteiger partial charge on any atom is 0.414 e. The van der Waals surface area contributed by atoms with E-state index in [0.717, 1.165) is 87.2 Å². The average molecular weight is 493 g/mol. The number of ether oxygens (including phenoxy) is 2. The molecule has 3 heterocycles. The minimum atomic E-state index is -0.437. The summed E-state index contributed by atoms with van der Waals surface area (Å²) in [6.45, 7) is 8.01. The number of aromatic amines is 1. The third kappa shape index (κ3) is 6.37. The summed E-state index contributed by atoms with van der Waals surface area (Å²) in [5, 5.41) is 13.5. The molecule has 2 saturated heterocycles. The Hall–Kier alpha value is -3.07. The van der Waals surface area contributed by atoms with Crippen molar-refractivity contribution < 1.29 is 19.4 Å². The molecule has 1 amide bonds. The Bertz CT molecular complexity index is 1160. The lowest BCUT2D eigenvalue weighted by Gasteiger charge is -2.35. The van der Waals surface area contributed by atoms with Crippen molar-refractivity contribution in [2.24, 2.45) is 0 Å². The smallest absolute Gasteiger partial charge is 0.414 e. The van der Waals surface area contributed by atoms with Crippen LogP contribution >= 0.6 is 0 Å². The first-order valence-corrected chi connectivity index (χ1v) is 13.0. The molecule has 36 heavy (non-hydrogen) atoms. The lowest BCUT2D eigenvalue weighted by molar-refractivity contribution is 0.0739. The normalized spacial score (nSPS) is 18.4. The number of aliphatic hydroxyl groups is 1. The first kappa shape index (κ1) is 24.6. The Morgan fingerprint density at radius 2 is 1.69 bits per heavy atom. The fourth-order valence-electron chi connectivity index (χ4n) is 5.07. The molecule has 2 aromatic carbocycles. The second kappa shape index (κ2) is 11.3. The summed E-state index contributed by atoms with van der Waals surface area (Å²) in [4.78, 5) is 20.7. The predicted molar refractivity (Wildman–Crippen MR) is 140 cm³/mol. The van der Waals surface area contributed by atoms with E-state index in [1.54, 1.807) is 0 Å². The van der Waals surface area contributed by atoms with Crippen LogP contribution < -0.4 is 14.8 Å². The first-order valence-electron chi connectivity index (χ1n) is 13.0. The van der Waals surface area contributed by atoms with Crippen molar-refractivity contribution in [3.05, 3.63) is 54.1 Å². The van der Waals surface area contributed by atoms with E-state index in [9.17, 15) is 9.90 Å². The Morgan fingerprint density at radius 1 is 1.00 bits per heavy atom. The summed E-state index contributed by atoms with van der Waals surface area (Å²) < 4.78 is 11.7. The molecule has 8 nitrogen and oxygen atoms in total.